The van der Waals surface area contributed by atoms with Gasteiger partial charge in [-0.15, -0.1) is 0 Å². The van der Waals surface area contributed by atoms with Crippen molar-refractivity contribution in [3.05, 3.63) is 6.42 Å². The Kier molecular flexibility index (Phi) is 2.88. The van der Waals surface area contributed by atoms with E-state index in [1.807, 2.05) is 0 Å². The molecule has 81 valence electrons. The van der Waals surface area contributed by atoms with Gasteiger partial charge in [0.15, 0.2) is 0 Å². The van der Waals surface area contributed by atoms with E-state index in [-0.39, 0.29) is 0 Å². The molecule has 0 aromatic carbocycles. The molecule has 2 rings (SSSR count). The van der Waals surface area contributed by atoms with E-state index in [0.29, 0.717) is 5.41 Å². The Morgan fingerprint density at radius 3 is 2.50 bits per heavy atom. The van der Waals surface area contributed by atoms with Gasteiger partial charge in [0.05, 0.1) is 0 Å². The van der Waals surface area contributed by atoms with Crippen LogP contribution in [0.1, 0.15) is 52.9 Å². The van der Waals surface area contributed by atoms with Gasteiger partial charge in [0, 0.05) is 12.1 Å². The van der Waals surface area contributed by atoms with Crippen molar-refractivity contribution in [3.63, 3.8) is 0 Å². The van der Waals surface area contributed by atoms with Gasteiger partial charge in [0.2, 0.25) is 0 Å². The van der Waals surface area contributed by atoms with Crippen LogP contribution in [0.4, 0.5) is 0 Å². The van der Waals surface area contributed by atoms with E-state index < -0.39 is 0 Å². The van der Waals surface area contributed by atoms with Crippen LogP contribution in [0.3, 0.4) is 0 Å². The van der Waals surface area contributed by atoms with Crippen LogP contribution in [0, 0.1) is 17.8 Å². The van der Waals surface area contributed by atoms with Crippen LogP contribution in [-0.4, -0.2) is 12.1 Å². The quantitative estimate of drug-likeness (QED) is 0.712. The average Bonchev–Trinajstić information content (AvgIpc) is 2.59. The lowest BCUT2D eigenvalue weighted by molar-refractivity contribution is 0.372. The molecule has 3 atom stereocenters. The number of nitrogens with one attached hydrogen (secondary N) is 1. The third-order valence-corrected chi connectivity index (χ3v) is 3.89. The first-order valence-electron chi connectivity index (χ1n) is 6.15. The second-order valence-electron chi connectivity index (χ2n) is 6.11. The molecule has 1 radical (unpaired) electrons. The standard InChI is InChI=1S/C13H24N/c1-10-4-5-11(8-10)14-12-6-7-13(2,3)9-12/h7,10-12,14H,4-6,8-9H2,1-3H3. The van der Waals surface area contributed by atoms with E-state index in [2.05, 4.69) is 32.5 Å². The predicted molar refractivity (Wildman–Crippen MR) is 61.0 cm³/mol. The second kappa shape index (κ2) is 3.84. The molecule has 0 heterocycles. The zero-order valence-electron chi connectivity index (χ0n) is 9.84. The van der Waals surface area contributed by atoms with Gasteiger partial charge in [-0.2, -0.15) is 0 Å². The maximum Gasteiger partial charge on any atom is 0.00777 e. The first-order valence-corrected chi connectivity index (χ1v) is 6.15. The Labute approximate surface area is 88.7 Å². The highest BCUT2D eigenvalue weighted by atomic mass is 15.0. The fourth-order valence-corrected chi connectivity index (χ4v) is 3.08. The van der Waals surface area contributed by atoms with Gasteiger partial charge in [-0.1, -0.05) is 20.8 Å². The lowest BCUT2D eigenvalue weighted by atomic mass is 9.92. The van der Waals surface area contributed by atoms with Crippen molar-refractivity contribution in [1.82, 2.24) is 5.32 Å². The topological polar surface area (TPSA) is 12.0 Å². The van der Waals surface area contributed by atoms with E-state index in [1.54, 1.807) is 0 Å². The van der Waals surface area contributed by atoms with Crippen molar-refractivity contribution < 1.29 is 0 Å². The summed E-state index contributed by atoms with van der Waals surface area (Å²) in [6.45, 7) is 7.09. The van der Waals surface area contributed by atoms with Gasteiger partial charge in [-0.25, -0.2) is 0 Å². The van der Waals surface area contributed by atoms with Crippen LogP contribution >= 0.6 is 0 Å². The fourth-order valence-electron chi connectivity index (χ4n) is 3.08. The van der Waals surface area contributed by atoms with Crippen molar-refractivity contribution in [1.29, 1.82) is 0 Å². The summed E-state index contributed by atoms with van der Waals surface area (Å²) in [4.78, 5) is 0. The molecule has 0 spiro atoms. The Morgan fingerprint density at radius 1 is 1.21 bits per heavy atom. The average molecular weight is 194 g/mol. The van der Waals surface area contributed by atoms with Crippen LogP contribution in [0.15, 0.2) is 0 Å². The van der Waals surface area contributed by atoms with E-state index in [4.69, 9.17) is 0 Å². The molecular weight excluding hydrogens is 170 g/mol. The van der Waals surface area contributed by atoms with E-state index in [1.165, 1.54) is 32.1 Å². The number of hydrogen-bond donors (Lipinski definition) is 1. The molecule has 1 nitrogen and oxygen atoms in total. The molecule has 1 heteroatoms. The highest BCUT2D eigenvalue weighted by Crippen LogP contribution is 2.37. The van der Waals surface area contributed by atoms with Gasteiger partial charge in [0.1, 0.15) is 0 Å². The summed E-state index contributed by atoms with van der Waals surface area (Å²) in [5.41, 5.74) is 0.474. The van der Waals surface area contributed by atoms with Crippen molar-refractivity contribution >= 4 is 0 Å². The van der Waals surface area contributed by atoms with Crippen molar-refractivity contribution in [2.45, 2.75) is 65.0 Å². The highest BCUT2D eigenvalue weighted by Gasteiger charge is 2.33. The van der Waals surface area contributed by atoms with Crippen LogP contribution in [0.25, 0.3) is 0 Å². The van der Waals surface area contributed by atoms with E-state index >= 15 is 0 Å². The summed E-state index contributed by atoms with van der Waals surface area (Å²) in [6, 6.07) is 1.58. The summed E-state index contributed by atoms with van der Waals surface area (Å²) in [7, 11) is 0. The van der Waals surface area contributed by atoms with Crippen LogP contribution in [0.5, 0.6) is 0 Å². The third kappa shape index (κ3) is 2.50. The van der Waals surface area contributed by atoms with Gasteiger partial charge >= 0.3 is 0 Å². The molecule has 1 N–H and O–H groups in total. The summed E-state index contributed by atoms with van der Waals surface area (Å²) in [6.07, 6.45) is 9.32. The minimum absolute atomic E-state index is 0.474. The molecular formula is C13H24N. The molecule has 2 saturated carbocycles. The smallest absolute Gasteiger partial charge is 0.00777 e. The molecule has 14 heavy (non-hydrogen) atoms. The van der Waals surface area contributed by atoms with Crippen LogP contribution in [-0.2, 0) is 0 Å². The first-order chi connectivity index (χ1) is 6.55. The molecule has 2 aliphatic carbocycles. The first kappa shape index (κ1) is 10.5. The lowest BCUT2D eigenvalue weighted by Gasteiger charge is -2.21. The SMILES string of the molecule is CC1CCC(NC2C[CH]C(C)(C)C2)C1. The third-order valence-electron chi connectivity index (χ3n) is 3.89. The minimum atomic E-state index is 0.474. The Hall–Kier alpha value is -0.0400. The zero-order chi connectivity index (χ0) is 10.2. The number of hydrogen-bond acceptors (Lipinski definition) is 1. The van der Waals surface area contributed by atoms with Gasteiger partial charge in [-0.05, 0) is 49.9 Å². The minimum Gasteiger partial charge on any atom is -0.311 e. The Morgan fingerprint density at radius 2 is 2.00 bits per heavy atom. The van der Waals surface area contributed by atoms with Gasteiger partial charge in [0.25, 0.3) is 0 Å². The van der Waals surface area contributed by atoms with E-state index in [9.17, 15) is 0 Å². The van der Waals surface area contributed by atoms with Crippen molar-refractivity contribution in [2.24, 2.45) is 11.3 Å². The maximum atomic E-state index is 3.83. The van der Waals surface area contributed by atoms with Gasteiger partial charge in [-0.3, -0.25) is 0 Å². The van der Waals surface area contributed by atoms with Crippen LogP contribution < -0.4 is 5.32 Å². The zero-order valence-corrected chi connectivity index (χ0v) is 9.84. The highest BCUT2D eigenvalue weighted by molar-refractivity contribution is 5.00. The molecule has 3 unspecified atom stereocenters. The van der Waals surface area contributed by atoms with Crippen molar-refractivity contribution in [3.8, 4) is 0 Å². The summed E-state index contributed by atoms with van der Waals surface area (Å²) in [5, 5.41) is 3.83. The largest absolute Gasteiger partial charge is 0.311 e. The molecule has 0 bridgehead atoms. The molecule has 2 fully saturated rings. The second-order valence-corrected chi connectivity index (χ2v) is 6.11. The normalized spacial score (nSPS) is 41.8. The fraction of sp³-hybridized carbons (Fsp3) is 0.923. The lowest BCUT2D eigenvalue weighted by Crippen LogP contribution is -2.35. The van der Waals surface area contributed by atoms with Crippen molar-refractivity contribution in [2.75, 3.05) is 0 Å². The summed E-state index contributed by atoms with van der Waals surface area (Å²) < 4.78 is 0. The predicted octanol–water partition coefficient (Wildman–Crippen LogP) is 3.16. The molecule has 0 aromatic heterocycles. The molecule has 2 aliphatic rings. The Bertz CT molecular complexity index is 197. The monoisotopic (exact) mass is 194 g/mol. The molecule has 0 saturated heterocycles. The molecule has 0 aliphatic heterocycles. The maximum absolute atomic E-state index is 3.83. The Balaban J connectivity index is 1.76. The van der Waals surface area contributed by atoms with Gasteiger partial charge < -0.3 is 5.32 Å². The van der Waals surface area contributed by atoms with Crippen LogP contribution in [0.2, 0.25) is 0 Å². The number of rotatable bonds is 2. The summed E-state index contributed by atoms with van der Waals surface area (Å²) in [5.74, 6) is 0.950. The van der Waals surface area contributed by atoms with E-state index in [0.717, 1.165) is 18.0 Å². The summed E-state index contributed by atoms with van der Waals surface area (Å²) >= 11 is 0. The molecule has 0 aromatic rings. The molecule has 0 amide bonds.